The molecular formula is C22H22N4O3. The fourth-order valence-electron chi connectivity index (χ4n) is 3.77. The first-order valence-corrected chi connectivity index (χ1v) is 9.74. The predicted molar refractivity (Wildman–Crippen MR) is 114 cm³/mol. The number of hydrogen-bond donors (Lipinski definition) is 1. The summed E-state index contributed by atoms with van der Waals surface area (Å²) >= 11 is 0. The SMILES string of the molecule is Cc1ccc2cccc(NC(=O)c3cc([N+](=O)[O-])ccc3N3CCCCC3)c2n1. The Morgan fingerprint density at radius 1 is 1.10 bits per heavy atom. The Hall–Kier alpha value is -3.48. The van der Waals surface area contributed by atoms with Crippen molar-refractivity contribution in [2.45, 2.75) is 26.2 Å². The summed E-state index contributed by atoms with van der Waals surface area (Å²) < 4.78 is 0. The molecule has 0 unspecified atom stereocenters. The van der Waals surface area contributed by atoms with E-state index in [2.05, 4.69) is 15.2 Å². The maximum absolute atomic E-state index is 13.2. The number of rotatable bonds is 4. The second-order valence-corrected chi connectivity index (χ2v) is 7.29. The fourth-order valence-corrected chi connectivity index (χ4v) is 3.77. The number of fused-ring (bicyclic) bond motifs is 1. The number of nitrogens with zero attached hydrogens (tertiary/aromatic N) is 3. The van der Waals surface area contributed by atoms with Crippen molar-refractivity contribution in [1.82, 2.24) is 4.98 Å². The molecular weight excluding hydrogens is 368 g/mol. The zero-order valence-corrected chi connectivity index (χ0v) is 16.2. The number of aromatic nitrogens is 1. The van der Waals surface area contributed by atoms with E-state index in [9.17, 15) is 14.9 Å². The molecule has 4 rings (SSSR count). The van der Waals surface area contributed by atoms with Gasteiger partial charge in [0.05, 0.1) is 27.4 Å². The van der Waals surface area contributed by atoms with Gasteiger partial charge in [0.15, 0.2) is 0 Å². The molecule has 29 heavy (non-hydrogen) atoms. The fraction of sp³-hybridized carbons (Fsp3) is 0.273. The van der Waals surface area contributed by atoms with Gasteiger partial charge in [-0.3, -0.25) is 19.9 Å². The Bertz CT molecular complexity index is 1090. The van der Waals surface area contributed by atoms with E-state index in [0.29, 0.717) is 16.8 Å². The van der Waals surface area contributed by atoms with Crippen LogP contribution in [0.3, 0.4) is 0 Å². The molecule has 3 aromatic rings. The highest BCUT2D eigenvalue weighted by Crippen LogP contribution is 2.30. The Kier molecular flexibility index (Phi) is 5.12. The molecule has 1 N–H and O–H groups in total. The van der Waals surface area contributed by atoms with Crippen molar-refractivity contribution in [3.05, 3.63) is 69.9 Å². The monoisotopic (exact) mass is 390 g/mol. The highest BCUT2D eigenvalue weighted by molar-refractivity contribution is 6.11. The van der Waals surface area contributed by atoms with Crippen LogP contribution in [0, 0.1) is 17.0 Å². The Balaban J connectivity index is 1.73. The zero-order chi connectivity index (χ0) is 20.4. The lowest BCUT2D eigenvalue weighted by Gasteiger charge is -2.30. The highest BCUT2D eigenvalue weighted by atomic mass is 16.6. The quantitative estimate of drug-likeness (QED) is 0.515. The molecule has 7 heteroatoms. The number of benzene rings is 2. The normalized spacial score (nSPS) is 14.0. The molecule has 7 nitrogen and oxygen atoms in total. The predicted octanol–water partition coefficient (Wildman–Crippen LogP) is 4.69. The van der Waals surface area contributed by atoms with Gasteiger partial charge in [-0.1, -0.05) is 18.2 Å². The topological polar surface area (TPSA) is 88.4 Å². The number of nitrogens with one attached hydrogen (secondary N) is 1. The van der Waals surface area contributed by atoms with E-state index in [-0.39, 0.29) is 11.6 Å². The van der Waals surface area contributed by atoms with Gasteiger partial charge >= 0.3 is 0 Å². The molecule has 0 atom stereocenters. The number of piperidine rings is 1. The van der Waals surface area contributed by atoms with Gasteiger partial charge < -0.3 is 10.2 Å². The summed E-state index contributed by atoms with van der Waals surface area (Å²) in [6.45, 7) is 3.58. The van der Waals surface area contributed by atoms with Crippen molar-refractivity contribution in [3.8, 4) is 0 Å². The van der Waals surface area contributed by atoms with Crippen LogP contribution in [0.15, 0.2) is 48.5 Å². The number of non-ortho nitro benzene ring substituents is 1. The summed E-state index contributed by atoms with van der Waals surface area (Å²) in [6.07, 6.45) is 3.25. The van der Waals surface area contributed by atoms with Crippen LogP contribution in [-0.2, 0) is 0 Å². The van der Waals surface area contributed by atoms with Crippen LogP contribution in [0.5, 0.6) is 0 Å². The number of para-hydroxylation sites is 1. The molecule has 0 aliphatic carbocycles. The number of anilines is 2. The number of hydrogen-bond acceptors (Lipinski definition) is 5. The van der Waals surface area contributed by atoms with Gasteiger partial charge in [0.2, 0.25) is 0 Å². The van der Waals surface area contributed by atoms with E-state index in [0.717, 1.165) is 49.1 Å². The molecule has 1 amide bonds. The lowest BCUT2D eigenvalue weighted by atomic mass is 10.1. The van der Waals surface area contributed by atoms with Gasteiger partial charge in [0, 0.05) is 36.3 Å². The van der Waals surface area contributed by atoms with Crippen molar-refractivity contribution in [2.24, 2.45) is 0 Å². The van der Waals surface area contributed by atoms with Crippen LogP contribution in [0.25, 0.3) is 10.9 Å². The first kappa shape index (κ1) is 18.9. The average molecular weight is 390 g/mol. The van der Waals surface area contributed by atoms with Crippen molar-refractivity contribution >= 4 is 33.9 Å². The molecule has 0 bridgehead atoms. The molecule has 1 saturated heterocycles. The highest BCUT2D eigenvalue weighted by Gasteiger charge is 2.22. The van der Waals surface area contributed by atoms with E-state index in [1.54, 1.807) is 12.1 Å². The van der Waals surface area contributed by atoms with Gasteiger partial charge in [0.25, 0.3) is 11.6 Å². The standard InChI is InChI=1S/C22H22N4O3/c1-15-8-9-16-6-5-7-19(21(16)23-15)24-22(27)18-14-17(26(28)29)10-11-20(18)25-12-3-2-4-13-25/h5-11,14H,2-4,12-13H2,1H3,(H,24,27). The lowest BCUT2D eigenvalue weighted by molar-refractivity contribution is -0.384. The summed E-state index contributed by atoms with van der Waals surface area (Å²) in [4.78, 5) is 30.7. The van der Waals surface area contributed by atoms with E-state index in [4.69, 9.17) is 0 Å². The van der Waals surface area contributed by atoms with Gasteiger partial charge in [0.1, 0.15) is 0 Å². The molecule has 0 saturated carbocycles. The Morgan fingerprint density at radius 3 is 2.66 bits per heavy atom. The second kappa shape index (κ2) is 7.87. The van der Waals surface area contributed by atoms with E-state index >= 15 is 0 Å². The Labute approximate surface area is 168 Å². The van der Waals surface area contributed by atoms with Crippen LogP contribution in [-0.4, -0.2) is 28.9 Å². The van der Waals surface area contributed by atoms with Crippen molar-refractivity contribution in [3.63, 3.8) is 0 Å². The number of pyridine rings is 1. The first-order valence-electron chi connectivity index (χ1n) is 9.74. The third kappa shape index (κ3) is 3.89. The largest absolute Gasteiger partial charge is 0.371 e. The molecule has 1 aromatic heterocycles. The molecule has 0 radical (unpaired) electrons. The van der Waals surface area contributed by atoms with Crippen LogP contribution in [0.1, 0.15) is 35.3 Å². The number of amides is 1. The average Bonchev–Trinajstić information content (AvgIpc) is 2.74. The molecule has 2 heterocycles. The molecule has 1 aliphatic heterocycles. The minimum Gasteiger partial charge on any atom is -0.371 e. The van der Waals surface area contributed by atoms with E-state index < -0.39 is 4.92 Å². The molecule has 2 aromatic carbocycles. The molecule has 148 valence electrons. The minimum absolute atomic E-state index is 0.0946. The smallest absolute Gasteiger partial charge is 0.270 e. The summed E-state index contributed by atoms with van der Waals surface area (Å²) in [5.74, 6) is -0.370. The first-order chi connectivity index (χ1) is 14.0. The van der Waals surface area contributed by atoms with Crippen LogP contribution < -0.4 is 10.2 Å². The molecule has 1 fully saturated rings. The van der Waals surface area contributed by atoms with Crippen molar-refractivity contribution in [1.29, 1.82) is 0 Å². The molecule has 0 spiro atoms. The number of aryl methyl sites for hydroxylation is 1. The summed E-state index contributed by atoms with van der Waals surface area (Å²) in [7, 11) is 0. The van der Waals surface area contributed by atoms with Crippen molar-refractivity contribution in [2.75, 3.05) is 23.3 Å². The summed E-state index contributed by atoms with van der Waals surface area (Å²) in [5.41, 5.74) is 3.09. The maximum atomic E-state index is 13.2. The number of nitro benzene ring substituents is 1. The van der Waals surface area contributed by atoms with Crippen LogP contribution in [0.4, 0.5) is 17.1 Å². The second-order valence-electron chi connectivity index (χ2n) is 7.29. The third-order valence-corrected chi connectivity index (χ3v) is 5.24. The van der Waals surface area contributed by atoms with Crippen molar-refractivity contribution < 1.29 is 9.72 Å². The summed E-state index contributed by atoms with van der Waals surface area (Å²) in [6, 6.07) is 14.0. The van der Waals surface area contributed by atoms with E-state index in [1.165, 1.54) is 12.1 Å². The third-order valence-electron chi connectivity index (χ3n) is 5.24. The lowest BCUT2D eigenvalue weighted by Crippen LogP contribution is -2.31. The number of nitro groups is 1. The van der Waals surface area contributed by atoms with E-state index in [1.807, 2.05) is 31.2 Å². The van der Waals surface area contributed by atoms with Gasteiger partial charge in [-0.2, -0.15) is 0 Å². The van der Waals surface area contributed by atoms with Gasteiger partial charge in [-0.25, -0.2) is 0 Å². The minimum atomic E-state index is -0.473. The van der Waals surface area contributed by atoms with Gasteiger partial charge in [-0.05, 0) is 44.4 Å². The van der Waals surface area contributed by atoms with Crippen LogP contribution in [0.2, 0.25) is 0 Å². The Morgan fingerprint density at radius 2 is 1.90 bits per heavy atom. The number of carbonyl (C=O) groups is 1. The zero-order valence-electron chi connectivity index (χ0n) is 16.2. The van der Waals surface area contributed by atoms with Gasteiger partial charge in [-0.15, -0.1) is 0 Å². The molecule has 1 aliphatic rings. The number of carbonyl (C=O) groups excluding carboxylic acids is 1. The summed E-state index contributed by atoms with van der Waals surface area (Å²) in [5, 5.41) is 15.1. The maximum Gasteiger partial charge on any atom is 0.270 e. The van der Waals surface area contributed by atoms with Crippen LogP contribution >= 0.6 is 0 Å².